The summed E-state index contributed by atoms with van der Waals surface area (Å²) >= 11 is 6.02. The fraction of sp³-hybridized carbons (Fsp3) is 0.786. The van der Waals surface area contributed by atoms with Crippen molar-refractivity contribution < 1.29 is 5.11 Å². The number of rotatable bonds is 4. The lowest BCUT2D eigenvalue weighted by Crippen LogP contribution is -2.31. The molecule has 1 saturated carbocycles. The average Bonchev–Trinajstić information content (AvgIpc) is 2.91. The van der Waals surface area contributed by atoms with Gasteiger partial charge in [-0.2, -0.15) is 15.0 Å². The molecule has 0 radical (unpaired) electrons. The maximum atomic E-state index is 9.85. The van der Waals surface area contributed by atoms with Gasteiger partial charge in [0.1, 0.15) is 0 Å². The molecule has 2 heterocycles. The van der Waals surface area contributed by atoms with Gasteiger partial charge in [-0.3, -0.25) is 0 Å². The summed E-state index contributed by atoms with van der Waals surface area (Å²) in [7, 11) is 0. The third-order valence-electron chi connectivity index (χ3n) is 4.38. The summed E-state index contributed by atoms with van der Waals surface area (Å²) in [4.78, 5) is 15.0. The highest BCUT2D eigenvalue weighted by atomic mass is 35.5. The Balaban J connectivity index is 1.65. The van der Waals surface area contributed by atoms with Gasteiger partial charge < -0.3 is 15.3 Å². The number of piperidine rings is 1. The summed E-state index contributed by atoms with van der Waals surface area (Å²) in [5.74, 6) is 1.44. The summed E-state index contributed by atoms with van der Waals surface area (Å²) in [6.45, 7) is 2.63. The Bertz CT molecular complexity index is 480. The molecule has 2 unspecified atom stereocenters. The van der Waals surface area contributed by atoms with Crippen LogP contribution in [0.15, 0.2) is 0 Å². The highest BCUT2D eigenvalue weighted by molar-refractivity contribution is 6.28. The average molecular weight is 312 g/mol. The molecule has 1 aliphatic carbocycles. The molecule has 2 atom stereocenters. The first-order chi connectivity index (χ1) is 10.2. The standard InChI is InChI=1S/C14H22ClN5O/c15-12-17-13(16-9-10-5-4-6-11(10)21)19-14(18-12)20-7-2-1-3-8-20/h10-11,21H,1-9H2,(H,16,17,18,19). The van der Waals surface area contributed by atoms with Gasteiger partial charge in [0, 0.05) is 25.6 Å². The summed E-state index contributed by atoms with van der Waals surface area (Å²) in [6, 6.07) is 0. The molecular weight excluding hydrogens is 290 g/mol. The number of aliphatic hydroxyl groups is 1. The zero-order valence-electron chi connectivity index (χ0n) is 12.1. The third kappa shape index (κ3) is 3.74. The molecular formula is C14H22ClN5O. The number of aliphatic hydroxyl groups excluding tert-OH is 1. The van der Waals surface area contributed by atoms with Crippen molar-refractivity contribution in [2.75, 3.05) is 29.9 Å². The van der Waals surface area contributed by atoms with Crippen molar-refractivity contribution in [1.82, 2.24) is 15.0 Å². The van der Waals surface area contributed by atoms with Crippen LogP contribution in [0.5, 0.6) is 0 Å². The van der Waals surface area contributed by atoms with Gasteiger partial charge in [-0.1, -0.05) is 6.42 Å². The fourth-order valence-corrected chi connectivity index (χ4v) is 3.29. The van der Waals surface area contributed by atoms with E-state index in [1.165, 1.54) is 19.3 Å². The van der Waals surface area contributed by atoms with E-state index in [0.29, 0.717) is 18.4 Å². The van der Waals surface area contributed by atoms with Gasteiger partial charge in [-0.05, 0) is 43.7 Å². The number of hydrogen-bond acceptors (Lipinski definition) is 6. The van der Waals surface area contributed by atoms with Crippen molar-refractivity contribution in [3.8, 4) is 0 Å². The van der Waals surface area contributed by atoms with Gasteiger partial charge in [0.2, 0.25) is 17.2 Å². The zero-order chi connectivity index (χ0) is 14.7. The summed E-state index contributed by atoms with van der Waals surface area (Å²) < 4.78 is 0. The quantitative estimate of drug-likeness (QED) is 0.887. The Kier molecular flexibility index (Phi) is 4.75. The molecule has 0 amide bonds. The molecule has 0 spiro atoms. The molecule has 1 aromatic heterocycles. The van der Waals surface area contributed by atoms with E-state index in [0.717, 1.165) is 32.4 Å². The van der Waals surface area contributed by atoms with E-state index >= 15 is 0 Å². The van der Waals surface area contributed by atoms with Crippen molar-refractivity contribution in [1.29, 1.82) is 0 Å². The summed E-state index contributed by atoms with van der Waals surface area (Å²) in [5.41, 5.74) is 0. The highest BCUT2D eigenvalue weighted by Gasteiger charge is 2.25. The molecule has 2 fully saturated rings. The highest BCUT2D eigenvalue weighted by Crippen LogP contribution is 2.26. The van der Waals surface area contributed by atoms with Crippen molar-refractivity contribution in [2.45, 2.75) is 44.6 Å². The number of hydrogen-bond donors (Lipinski definition) is 2. The van der Waals surface area contributed by atoms with Crippen LogP contribution in [-0.2, 0) is 0 Å². The van der Waals surface area contributed by atoms with Gasteiger partial charge in [0.25, 0.3) is 0 Å². The first kappa shape index (κ1) is 14.8. The van der Waals surface area contributed by atoms with Crippen LogP contribution in [0.1, 0.15) is 38.5 Å². The van der Waals surface area contributed by atoms with Crippen LogP contribution in [0, 0.1) is 5.92 Å². The maximum Gasteiger partial charge on any atom is 0.231 e. The number of nitrogens with one attached hydrogen (secondary N) is 1. The number of nitrogens with zero attached hydrogens (tertiary/aromatic N) is 4. The Morgan fingerprint density at radius 2 is 1.90 bits per heavy atom. The van der Waals surface area contributed by atoms with E-state index in [1.807, 2.05) is 0 Å². The lowest BCUT2D eigenvalue weighted by molar-refractivity contribution is 0.138. The molecule has 3 rings (SSSR count). The van der Waals surface area contributed by atoms with Crippen LogP contribution >= 0.6 is 11.6 Å². The Morgan fingerprint density at radius 3 is 2.62 bits per heavy atom. The van der Waals surface area contributed by atoms with E-state index in [2.05, 4.69) is 25.2 Å². The van der Waals surface area contributed by atoms with Crippen LogP contribution < -0.4 is 10.2 Å². The second kappa shape index (κ2) is 6.75. The van der Waals surface area contributed by atoms with Gasteiger partial charge in [-0.15, -0.1) is 0 Å². The first-order valence-electron chi connectivity index (χ1n) is 7.81. The van der Waals surface area contributed by atoms with Crippen LogP contribution in [0.4, 0.5) is 11.9 Å². The maximum absolute atomic E-state index is 9.85. The molecule has 0 aromatic carbocycles. The largest absolute Gasteiger partial charge is 0.393 e. The second-order valence-electron chi connectivity index (χ2n) is 5.91. The zero-order valence-corrected chi connectivity index (χ0v) is 12.9. The van der Waals surface area contributed by atoms with Gasteiger partial charge >= 0.3 is 0 Å². The molecule has 6 nitrogen and oxygen atoms in total. The SMILES string of the molecule is OC1CCCC1CNc1nc(Cl)nc(N2CCCCC2)n1. The molecule has 7 heteroatoms. The topological polar surface area (TPSA) is 74.2 Å². The van der Waals surface area contributed by atoms with Crippen molar-refractivity contribution in [2.24, 2.45) is 5.92 Å². The molecule has 21 heavy (non-hydrogen) atoms. The molecule has 2 aliphatic rings. The first-order valence-corrected chi connectivity index (χ1v) is 8.18. The van der Waals surface area contributed by atoms with Gasteiger partial charge in [0.05, 0.1) is 6.10 Å². The minimum absolute atomic E-state index is 0.212. The normalized spacial score (nSPS) is 26.1. The van der Waals surface area contributed by atoms with Crippen LogP contribution in [-0.4, -0.2) is 45.8 Å². The van der Waals surface area contributed by atoms with Crippen LogP contribution in [0.25, 0.3) is 0 Å². The van der Waals surface area contributed by atoms with Crippen LogP contribution in [0.2, 0.25) is 5.28 Å². The number of aromatic nitrogens is 3. The molecule has 1 saturated heterocycles. The molecule has 1 aromatic rings. The lowest BCUT2D eigenvalue weighted by atomic mass is 10.1. The summed E-state index contributed by atoms with van der Waals surface area (Å²) in [6.07, 6.45) is 6.41. The fourth-order valence-electron chi connectivity index (χ4n) is 3.13. The monoisotopic (exact) mass is 311 g/mol. The van der Waals surface area contributed by atoms with Crippen molar-refractivity contribution in [3.63, 3.8) is 0 Å². The number of halogens is 1. The predicted molar refractivity (Wildman–Crippen MR) is 82.7 cm³/mol. The van der Waals surface area contributed by atoms with Gasteiger partial charge in [0.15, 0.2) is 0 Å². The minimum Gasteiger partial charge on any atom is -0.393 e. The minimum atomic E-state index is -0.212. The van der Waals surface area contributed by atoms with Gasteiger partial charge in [-0.25, -0.2) is 0 Å². The second-order valence-corrected chi connectivity index (χ2v) is 6.25. The number of anilines is 2. The predicted octanol–water partition coefficient (Wildman–Crippen LogP) is 2.09. The van der Waals surface area contributed by atoms with E-state index in [1.54, 1.807) is 0 Å². The van der Waals surface area contributed by atoms with E-state index < -0.39 is 0 Å². The van der Waals surface area contributed by atoms with Crippen molar-refractivity contribution in [3.05, 3.63) is 5.28 Å². The Hall–Kier alpha value is -1.14. The molecule has 1 aliphatic heterocycles. The Morgan fingerprint density at radius 1 is 1.10 bits per heavy atom. The Labute approximate surface area is 130 Å². The lowest BCUT2D eigenvalue weighted by Gasteiger charge is -2.26. The smallest absolute Gasteiger partial charge is 0.231 e. The van der Waals surface area contributed by atoms with E-state index in [-0.39, 0.29) is 17.3 Å². The third-order valence-corrected chi connectivity index (χ3v) is 4.55. The van der Waals surface area contributed by atoms with E-state index in [4.69, 9.17) is 11.6 Å². The summed E-state index contributed by atoms with van der Waals surface area (Å²) in [5, 5.41) is 13.3. The molecule has 116 valence electrons. The van der Waals surface area contributed by atoms with E-state index in [9.17, 15) is 5.11 Å². The molecule has 0 bridgehead atoms. The van der Waals surface area contributed by atoms with Crippen LogP contribution in [0.3, 0.4) is 0 Å². The molecule has 2 N–H and O–H groups in total. The van der Waals surface area contributed by atoms with Crippen molar-refractivity contribution >= 4 is 23.5 Å².